The molecule has 4 heteroatoms. The lowest BCUT2D eigenvalue weighted by Crippen LogP contribution is -2.32. The molecule has 1 atom stereocenters. The molecule has 1 aliphatic carbocycles. The fraction of sp³-hybridized carbons (Fsp3) is 0.533. The van der Waals surface area contributed by atoms with Gasteiger partial charge in [-0.15, -0.1) is 0 Å². The third kappa shape index (κ3) is 2.62. The monoisotopic (exact) mass is 265 g/mol. The van der Waals surface area contributed by atoms with E-state index in [0.717, 1.165) is 31.0 Å². The third-order valence-corrected chi connectivity index (χ3v) is 4.17. The molecule has 0 amide bonds. The molecule has 1 aromatic rings. The molecule has 1 unspecified atom stereocenters. The summed E-state index contributed by atoms with van der Waals surface area (Å²) in [5.74, 6) is -0.763. The first-order valence-electron chi connectivity index (χ1n) is 6.53. The predicted octanol–water partition coefficient (Wildman–Crippen LogP) is 3.72. The van der Waals surface area contributed by atoms with Gasteiger partial charge in [-0.05, 0) is 49.8 Å². The maximum Gasteiger partial charge on any atom is 0.129 e. The molecule has 0 heterocycles. The average molecular weight is 265 g/mol. The number of benzene rings is 1. The van der Waals surface area contributed by atoms with Gasteiger partial charge in [-0.1, -0.05) is 6.92 Å². The van der Waals surface area contributed by atoms with Crippen molar-refractivity contribution in [2.45, 2.75) is 38.7 Å². The number of aliphatic hydroxyl groups excluding tert-OH is 1. The number of halogens is 2. The summed E-state index contributed by atoms with van der Waals surface area (Å²) in [6.45, 7) is 2.09. The molecule has 102 valence electrons. The van der Waals surface area contributed by atoms with Gasteiger partial charge in [0, 0.05) is 5.56 Å². The van der Waals surface area contributed by atoms with Crippen LogP contribution in [-0.2, 0) is 0 Å². The van der Waals surface area contributed by atoms with Crippen LogP contribution in [0.2, 0.25) is 0 Å². The number of aliphatic hydroxyl groups is 1. The largest absolute Gasteiger partial charge is 0.387 e. The van der Waals surface area contributed by atoms with E-state index in [1.54, 1.807) is 0 Å². The minimum Gasteiger partial charge on any atom is -0.387 e. The van der Waals surface area contributed by atoms with Crippen LogP contribution in [0.5, 0.6) is 0 Å². The SMILES string of the molecule is CC1CCC(C#N)(C(O)c2cc(F)ccc2F)CC1. The van der Waals surface area contributed by atoms with E-state index in [4.69, 9.17) is 0 Å². The van der Waals surface area contributed by atoms with E-state index in [2.05, 4.69) is 13.0 Å². The molecular formula is C15H17F2NO. The molecule has 2 nitrogen and oxygen atoms in total. The van der Waals surface area contributed by atoms with E-state index < -0.39 is 23.2 Å². The van der Waals surface area contributed by atoms with E-state index in [-0.39, 0.29) is 5.56 Å². The number of rotatable bonds is 2. The van der Waals surface area contributed by atoms with Crippen LogP contribution >= 0.6 is 0 Å². The van der Waals surface area contributed by atoms with Crippen molar-refractivity contribution in [1.82, 2.24) is 0 Å². The Bertz CT molecular complexity index is 501. The van der Waals surface area contributed by atoms with Gasteiger partial charge < -0.3 is 5.11 Å². The molecule has 1 N–H and O–H groups in total. The second kappa shape index (κ2) is 5.26. The third-order valence-electron chi connectivity index (χ3n) is 4.17. The molecule has 0 saturated heterocycles. The van der Waals surface area contributed by atoms with Gasteiger partial charge in [0.1, 0.15) is 17.7 Å². The molecule has 1 aliphatic rings. The van der Waals surface area contributed by atoms with E-state index >= 15 is 0 Å². The smallest absolute Gasteiger partial charge is 0.129 e. The molecule has 0 aliphatic heterocycles. The molecule has 0 spiro atoms. The van der Waals surface area contributed by atoms with E-state index in [0.29, 0.717) is 18.8 Å². The topological polar surface area (TPSA) is 44.0 Å². The lowest BCUT2D eigenvalue weighted by atomic mass is 9.67. The van der Waals surface area contributed by atoms with Crippen LogP contribution in [0.4, 0.5) is 8.78 Å². The Morgan fingerprint density at radius 3 is 2.58 bits per heavy atom. The Morgan fingerprint density at radius 1 is 1.37 bits per heavy atom. The van der Waals surface area contributed by atoms with Crippen molar-refractivity contribution >= 4 is 0 Å². The summed E-state index contributed by atoms with van der Waals surface area (Å²) < 4.78 is 26.9. The van der Waals surface area contributed by atoms with Crippen LogP contribution in [-0.4, -0.2) is 5.11 Å². The second-order valence-corrected chi connectivity index (χ2v) is 5.52. The van der Waals surface area contributed by atoms with E-state index in [9.17, 15) is 19.1 Å². The maximum atomic E-state index is 13.7. The molecule has 1 fully saturated rings. The highest BCUT2D eigenvalue weighted by molar-refractivity contribution is 5.26. The lowest BCUT2D eigenvalue weighted by molar-refractivity contribution is 0.0240. The molecular weight excluding hydrogens is 248 g/mol. The zero-order valence-electron chi connectivity index (χ0n) is 10.9. The van der Waals surface area contributed by atoms with Gasteiger partial charge in [-0.3, -0.25) is 0 Å². The van der Waals surface area contributed by atoms with Crippen molar-refractivity contribution < 1.29 is 13.9 Å². The Kier molecular flexibility index (Phi) is 3.86. The summed E-state index contributed by atoms with van der Waals surface area (Å²) in [6, 6.07) is 5.13. The minimum absolute atomic E-state index is 0.115. The summed E-state index contributed by atoms with van der Waals surface area (Å²) in [5.41, 5.74) is -1.11. The van der Waals surface area contributed by atoms with Gasteiger partial charge in [-0.25, -0.2) is 8.78 Å². The first-order chi connectivity index (χ1) is 8.98. The Balaban J connectivity index is 2.33. The second-order valence-electron chi connectivity index (χ2n) is 5.52. The maximum absolute atomic E-state index is 13.7. The van der Waals surface area contributed by atoms with Gasteiger partial charge in [0.2, 0.25) is 0 Å². The van der Waals surface area contributed by atoms with Gasteiger partial charge in [-0.2, -0.15) is 5.26 Å². The number of hydrogen-bond acceptors (Lipinski definition) is 2. The highest BCUT2D eigenvalue weighted by atomic mass is 19.1. The highest BCUT2D eigenvalue weighted by Gasteiger charge is 2.42. The van der Waals surface area contributed by atoms with Crippen molar-refractivity contribution in [3.05, 3.63) is 35.4 Å². The van der Waals surface area contributed by atoms with Crippen LogP contribution < -0.4 is 0 Å². The zero-order valence-corrected chi connectivity index (χ0v) is 10.9. The summed E-state index contributed by atoms with van der Waals surface area (Å²) in [7, 11) is 0. The van der Waals surface area contributed by atoms with Crippen LogP contribution in [0.15, 0.2) is 18.2 Å². The van der Waals surface area contributed by atoms with Gasteiger partial charge in [0.25, 0.3) is 0 Å². The Hall–Kier alpha value is -1.47. The van der Waals surface area contributed by atoms with Crippen LogP contribution in [0.25, 0.3) is 0 Å². The highest BCUT2D eigenvalue weighted by Crippen LogP contribution is 2.47. The van der Waals surface area contributed by atoms with Crippen LogP contribution in [0, 0.1) is 34.3 Å². The molecule has 0 bridgehead atoms. The number of nitriles is 1. The van der Waals surface area contributed by atoms with E-state index in [1.807, 2.05) is 0 Å². The van der Waals surface area contributed by atoms with Gasteiger partial charge >= 0.3 is 0 Å². The van der Waals surface area contributed by atoms with Gasteiger partial charge in [0.15, 0.2) is 0 Å². The molecule has 0 radical (unpaired) electrons. The molecule has 19 heavy (non-hydrogen) atoms. The standard InChI is InChI=1S/C15H17F2NO/c1-10-4-6-15(9-18,7-5-10)14(19)12-8-11(16)2-3-13(12)17/h2-3,8,10,14,19H,4-7H2,1H3. The van der Waals surface area contributed by atoms with Gasteiger partial charge in [0.05, 0.1) is 11.5 Å². The normalized spacial score (nSPS) is 28.7. The summed E-state index contributed by atoms with van der Waals surface area (Å²) in [4.78, 5) is 0. The number of hydrogen-bond donors (Lipinski definition) is 1. The Labute approximate surface area is 111 Å². The van der Waals surface area contributed by atoms with Crippen molar-refractivity contribution in [2.24, 2.45) is 11.3 Å². The fourth-order valence-corrected chi connectivity index (χ4v) is 2.75. The zero-order chi connectivity index (χ0) is 14.0. The molecule has 0 aromatic heterocycles. The van der Waals surface area contributed by atoms with Crippen molar-refractivity contribution in [3.63, 3.8) is 0 Å². The molecule has 2 rings (SSSR count). The summed E-state index contributed by atoms with van der Waals surface area (Å²) in [5, 5.41) is 19.8. The summed E-state index contributed by atoms with van der Waals surface area (Å²) >= 11 is 0. The first kappa shape index (κ1) is 14.0. The molecule has 1 aromatic carbocycles. The minimum atomic E-state index is -1.28. The van der Waals surface area contributed by atoms with Crippen molar-refractivity contribution in [2.75, 3.05) is 0 Å². The average Bonchev–Trinajstić information content (AvgIpc) is 2.42. The Morgan fingerprint density at radius 2 is 2.00 bits per heavy atom. The number of nitrogens with zero attached hydrogens (tertiary/aromatic N) is 1. The first-order valence-corrected chi connectivity index (χ1v) is 6.53. The lowest BCUT2D eigenvalue weighted by Gasteiger charge is -2.37. The van der Waals surface area contributed by atoms with Crippen molar-refractivity contribution in [3.8, 4) is 6.07 Å². The quantitative estimate of drug-likeness (QED) is 0.885. The van der Waals surface area contributed by atoms with E-state index in [1.165, 1.54) is 0 Å². The summed E-state index contributed by atoms with van der Waals surface area (Å²) in [6.07, 6.45) is 1.40. The molecule has 1 saturated carbocycles. The fourth-order valence-electron chi connectivity index (χ4n) is 2.75. The van der Waals surface area contributed by atoms with Crippen molar-refractivity contribution in [1.29, 1.82) is 5.26 Å². The van der Waals surface area contributed by atoms with Crippen LogP contribution in [0.1, 0.15) is 44.3 Å². The van der Waals surface area contributed by atoms with Crippen LogP contribution in [0.3, 0.4) is 0 Å². The predicted molar refractivity (Wildman–Crippen MR) is 67.0 cm³/mol.